The summed E-state index contributed by atoms with van der Waals surface area (Å²) in [5, 5.41) is 0. The summed E-state index contributed by atoms with van der Waals surface area (Å²) in [4.78, 5) is 0. The smallest absolute Gasteiger partial charge is 0.0107 e. The highest BCUT2D eigenvalue weighted by Gasteiger charge is 2.26. The lowest BCUT2D eigenvalue weighted by Gasteiger charge is -2.23. The van der Waals surface area contributed by atoms with Crippen molar-refractivity contribution in [1.82, 2.24) is 0 Å². The molecular weight excluding hydrogens is 122 g/mol. The zero-order valence-corrected chi connectivity index (χ0v) is 6.29. The summed E-state index contributed by atoms with van der Waals surface area (Å²) in [5.41, 5.74) is 5.97. The molecule has 3 atom stereocenters. The Labute approximate surface area is 62.3 Å². The minimum Gasteiger partial charge on any atom is -0.327 e. The van der Waals surface area contributed by atoms with Crippen molar-refractivity contribution in [2.45, 2.75) is 31.7 Å². The normalized spacial score (nSPS) is 45.5. The van der Waals surface area contributed by atoms with E-state index in [2.05, 4.69) is 12.2 Å². The van der Waals surface area contributed by atoms with Gasteiger partial charge in [-0.1, -0.05) is 18.6 Å². The number of fused-ring (bicyclic) bond motifs is 3. The lowest BCUT2D eigenvalue weighted by Crippen LogP contribution is -2.31. The van der Waals surface area contributed by atoms with Gasteiger partial charge in [0.15, 0.2) is 0 Å². The van der Waals surface area contributed by atoms with Crippen LogP contribution in [0.2, 0.25) is 0 Å². The molecule has 0 aromatic carbocycles. The third-order valence-electron chi connectivity index (χ3n) is 2.87. The van der Waals surface area contributed by atoms with Gasteiger partial charge in [-0.15, -0.1) is 0 Å². The van der Waals surface area contributed by atoms with Crippen LogP contribution in [-0.2, 0) is 0 Å². The van der Waals surface area contributed by atoms with Crippen LogP contribution in [0.3, 0.4) is 0 Å². The molecule has 0 aromatic heterocycles. The van der Waals surface area contributed by atoms with Crippen LogP contribution in [0, 0.1) is 11.8 Å². The molecule has 0 spiro atoms. The summed E-state index contributed by atoms with van der Waals surface area (Å²) in [6.07, 6.45) is 10.0. The van der Waals surface area contributed by atoms with Crippen molar-refractivity contribution in [1.29, 1.82) is 0 Å². The Hall–Kier alpha value is -0.300. The van der Waals surface area contributed by atoms with Gasteiger partial charge in [-0.05, 0) is 31.1 Å². The second-order valence-electron chi connectivity index (χ2n) is 3.64. The highest BCUT2D eigenvalue weighted by Crippen LogP contribution is 2.32. The van der Waals surface area contributed by atoms with E-state index < -0.39 is 0 Å². The van der Waals surface area contributed by atoms with E-state index >= 15 is 0 Å². The first-order chi connectivity index (χ1) is 4.86. The van der Waals surface area contributed by atoms with Crippen LogP contribution < -0.4 is 5.73 Å². The molecule has 3 rings (SSSR count). The molecule has 0 aliphatic heterocycles. The van der Waals surface area contributed by atoms with Crippen molar-refractivity contribution in [3.05, 3.63) is 12.2 Å². The summed E-state index contributed by atoms with van der Waals surface area (Å²) in [6.45, 7) is 0. The van der Waals surface area contributed by atoms with Gasteiger partial charge in [-0.3, -0.25) is 0 Å². The molecular formula is C9H15N. The van der Waals surface area contributed by atoms with Gasteiger partial charge in [0, 0.05) is 6.04 Å². The quantitative estimate of drug-likeness (QED) is 0.505. The predicted octanol–water partition coefficient (Wildman–Crippen LogP) is 1.69. The second-order valence-corrected chi connectivity index (χ2v) is 3.64. The first kappa shape index (κ1) is 6.41. The summed E-state index contributed by atoms with van der Waals surface area (Å²) >= 11 is 0. The standard InChI is InChI=1S/C9H15N/c10-9-6-7-2-1-3-8(9)5-4-7/h4-5,7-9H,1-3,6,10H2/t7-,8+,9-/m1/s1. The van der Waals surface area contributed by atoms with Gasteiger partial charge in [0.25, 0.3) is 0 Å². The van der Waals surface area contributed by atoms with Crippen LogP contribution in [0.4, 0.5) is 0 Å². The maximum atomic E-state index is 5.97. The number of hydrogen-bond acceptors (Lipinski definition) is 1. The molecule has 0 radical (unpaired) electrons. The van der Waals surface area contributed by atoms with Gasteiger partial charge < -0.3 is 5.73 Å². The Kier molecular flexibility index (Phi) is 1.53. The highest BCUT2D eigenvalue weighted by molar-refractivity contribution is 5.05. The fourth-order valence-electron chi connectivity index (χ4n) is 2.19. The molecule has 3 aliphatic rings. The van der Waals surface area contributed by atoms with Crippen molar-refractivity contribution in [2.75, 3.05) is 0 Å². The van der Waals surface area contributed by atoms with E-state index in [1.165, 1.54) is 25.7 Å². The monoisotopic (exact) mass is 137 g/mol. The molecule has 56 valence electrons. The van der Waals surface area contributed by atoms with Gasteiger partial charge in [-0.2, -0.15) is 0 Å². The van der Waals surface area contributed by atoms with Crippen molar-refractivity contribution in [2.24, 2.45) is 17.6 Å². The SMILES string of the molecule is N[C@@H]1C[C@H]2C=C[C@@H]1CCC2. The second kappa shape index (κ2) is 2.39. The van der Waals surface area contributed by atoms with Crippen LogP contribution in [0.1, 0.15) is 25.7 Å². The van der Waals surface area contributed by atoms with Gasteiger partial charge in [0.05, 0.1) is 0 Å². The van der Waals surface area contributed by atoms with E-state index in [-0.39, 0.29) is 0 Å². The molecule has 0 amide bonds. The molecule has 1 saturated carbocycles. The van der Waals surface area contributed by atoms with E-state index in [9.17, 15) is 0 Å². The van der Waals surface area contributed by atoms with E-state index in [1.54, 1.807) is 0 Å². The van der Waals surface area contributed by atoms with Gasteiger partial charge in [-0.25, -0.2) is 0 Å². The summed E-state index contributed by atoms with van der Waals surface area (Å²) in [6, 6.07) is 0.470. The van der Waals surface area contributed by atoms with E-state index in [0.717, 1.165) is 5.92 Å². The number of rotatable bonds is 0. The molecule has 0 aromatic rings. The average Bonchev–Trinajstić information content (AvgIpc) is 2.20. The zero-order valence-electron chi connectivity index (χ0n) is 6.29. The molecule has 1 fully saturated rings. The molecule has 0 heterocycles. The lowest BCUT2D eigenvalue weighted by molar-refractivity contribution is 0.427. The zero-order chi connectivity index (χ0) is 6.97. The van der Waals surface area contributed by atoms with Crippen molar-refractivity contribution in [3.8, 4) is 0 Å². The Morgan fingerprint density at radius 2 is 2.10 bits per heavy atom. The Bertz CT molecular complexity index is 151. The van der Waals surface area contributed by atoms with E-state index in [0.29, 0.717) is 12.0 Å². The predicted molar refractivity (Wildman–Crippen MR) is 42.6 cm³/mol. The molecule has 1 heteroatoms. The summed E-state index contributed by atoms with van der Waals surface area (Å²) < 4.78 is 0. The summed E-state index contributed by atoms with van der Waals surface area (Å²) in [7, 11) is 0. The summed E-state index contributed by atoms with van der Waals surface area (Å²) in [5.74, 6) is 1.52. The lowest BCUT2D eigenvalue weighted by atomic mass is 9.87. The molecule has 0 saturated heterocycles. The maximum absolute atomic E-state index is 5.97. The Morgan fingerprint density at radius 3 is 2.90 bits per heavy atom. The van der Waals surface area contributed by atoms with Crippen LogP contribution in [0.15, 0.2) is 12.2 Å². The fourth-order valence-corrected chi connectivity index (χ4v) is 2.19. The first-order valence-corrected chi connectivity index (χ1v) is 4.30. The largest absolute Gasteiger partial charge is 0.327 e. The topological polar surface area (TPSA) is 26.0 Å². The van der Waals surface area contributed by atoms with Crippen LogP contribution in [0.5, 0.6) is 0 Å². The van der Waals surface area contributed by atoms with Gasteiger partial charge in [0.1, 0.15) is 0 Å². The number of hydrogen-bond donors (Lipinski definition) is 1. The molecule has 1 nitrogen and oxygen atoms in total. The van der Waals surface area contributed by atoms with Crippen molar-refractivity contribution >= 4 is 0 Å². The van der Waals surface area contributed by atoms with Crippen LogP contribution in [0.25, 0.3) is 0 Å². The van der Waals surface area contributed by atoms with Crippen molar-refractivity contribution < 1.29 is 0 Å². The van der Waals surface area contributed by atoms with Crippen LogP contribution in [-0.4, -0.2) is 6.04 Å². The minimum atomic E-state index is 0.470. The van der Waals surface area contributed by atoms with Gasteiger partial charge in [0.2, 0.25) is 0 Å². The highest BCUT2D eigenvalue weighted by atomic mass is 14.7. The van der Waals surface area contributed by atoms with Gasteiger partial charge >= 0.3 is 0 Å². The first-order valence-electron chi connectivity index (χ1n) is 4.30. The molecule has 0 unspecified atom stereocenters. The van der Waals surface area contributed by atoms with Crippen molar-refractivity contribution in [3.63, 3.8) is 0 Å². The fraction of sp³-hybridized carbons (Fsp3) is 0.778. The molecule has 10 heavy (non-hydrogen) atoms. The minimum absolute atomic E-state index is 0.470. The van der Waals surface area contributed by atoms with E-state index in [1.807, 2.05) is 0 Å². The average molecular weight is 137 g/mol. The molecule has 2 N–H and O–H groups in total. The third-order valence-corrected chi connectivity index (χ3v) is 2.87. The Morgan fingerprint density at radius 1 is 1.20 bits per heavy atom. The number of nitrogens with two attached hydrogens (primary N) is 1. The molecule has 2 bridgehead atoms. The Balaban J connectivity index is 2.18. The third kappa shape index (κ3) is 0.988. The maximum Gasteiger partial charge on any atom is 0.0107 e. The van der Waals surface area contributed by atoms with E-state index in [4.69, 9.17) is 5.73 Å². The molecule has 3 aliphatic carbocycles. The number of allylic oxidation sites excluding steroid dienone is 1. The van der Waals surface area contributed by atoms with Crippen LogP contribution >= 0.6 is 0 Å².